The third kappa shape index (κ3) is 2.51. The van der Waals surface area contributed by atoms with Gasteiger partial charge in [-0.05, 0) is 18.4 Å². The van der Waals surface area contributed by atoms with Crippen molar-refractivity contribution < 1.29 is 4.79 Å². The van der Waals surface area contributed by atoms with Crippen molar-refractivity contribution in [2.24, 2.45) is 0 Å². The van der Waals surface area contributed by atoms with E-state index in [1.54, 1.807) is 13.1 Å². The lowest BCUT2D eigenvalue weighted by Crippen LogP contribution is -2.37. The molecule has 0 radical (unpaired) electrons. The number of nitrogens with zero attached hydrogens (tertiary/aromatic N) is 2. The number of H-pyrrole nitrogens is 1. The standard InChI is InChI=1S/C11H14N4O2S/c1-3-12-11(17)15(2)6-8-13-7-4-5-18-9(7)10(16)14-8/h4-5H,3,6H2,1-2H3,(H,12,17)(H,13,14,16). The van der Waals surface area contributed by atoms with Crippen LogP contribution in [-0.4, -0.2) is 34.5 Å². The minimum absolute atomic E-state index is 0.158. The van der Waals surface area contributed by atoms with Crippen LogP contribution >= 0.6 is 11.3 Å². The van der Waals surface area contributed by atoms with Crippen molar-refractivity contribution in [1.82, 2.24) is 20.2 Å². The van der Waals surface area contributed by atoms with Crippen molar-refractivity contribution in [2.75, 3.05) is 13.6 Å². The molecule has 2 amide bonds. The van der Waals surface area contributed by atoms with Crippen molar-refractivity contribution in [2.45, 2.75) is 13.5 Å². The maximum atomic E-state index is 11.7. The van der Waals surface area contributed by atoms with Gasteiger partial charge >= 0.3 is 6.03 Å². The van der Waals surface area contributed by atoms with E-state index in [4.69, 9.17) is 0 Å². The number of carbonyl (C=O) groups is 1. The van der Waals surface area contributed by atoms with Crippen LogP contribution in [0, 0.1) is 0 Å². The summed E-state index contributed by atoms with van der Waals surface area (Å²) in [5, 5.41) is 4.51. The molecule has 0 aliphatic rings. The molecule has 6 nitrogen and oxygen atoms in total. The third-order valence-electron chi connectivity index (χ3n) is 2.43. The van der Waals surface area contributed by atoms with E-state index >= 15 is 0 Å². The molecule has 2 rings (SSSR count). The predicted molar refractivity (Wildman–Crippen MR) is 70.8 cm³/mol. The van der Waals surface area contributed by atoms with Crippen LogP contribution in [0.15, 0.2) is 16.2 Å². The van der Waals surface area contributed by atoms with Crippen LogP contribution in [0.3, 0.4) is 0 Å². The number of aromatic amines is 1. The lowest BCUT2D eigenvalue weighted by atomic mass is 10.4. The van der Waals surface area contributed by atoms with E-state index in [1.807, 2.05) is 12.3 Å². The van der Waals surface area contributed by atoms with E-state index in [-0.39, 0.29) is 18.1 Å². The van der Waals surface area contributed by atoms with Gasteiger partial charge in [0.25, 0.3) is 5.56 Å². The number of thiophene rings is 1. The minimum Gasteiger partial charge on any atom is -0.338 e. The van der Waals surface area contributed by atoms with Gasteiger partial charge in [-0.3, -0.25) is 4.79 Å². The summed E-state index contributed by atoms with van der Waals surface area (Å²) >= 11 is 1.36. The molecule has 0 atom stereocenters. The number of amides is 2. The quantitative estimate of drug-likeness (QED) is 0.874. The van der Waals surface area contributed by atoms with Crippen LogP contribution < -0.4 is 10.9 Å². The van der Waals surface area contributed by atoms with E-state index in [0.717, 1.165) is 0 Å². The van der Waals surface area contributed by atoms with Gasteiger partial charge in [0.2, 0.25) is 0 Å². The van der Waals surface area contributed by atoms with Gasteiger partial charge in [0, 0.05) is 13.6 Å². The fourth-order valence-corrected chi connectivity index (χ4v) is 2.30. The Kier molecular flexibility index (Phi) is 3.61. The molecule has 0 aliphatic carbocycles. The Morgan fingerprint density at radius 1 is 1.61 bits per heavy atom. The van der Waals surface area contributed by atoms with E-state index < -0.39 is 0 Å². The van der Waals surface area contributed by atoms with Crippen LogP contribution in [0.2, 0.25) is 0 Å². The molecule has 96 valence electrons. The summed E-state index contributed by atoms with van der Waals surface area (Å²) in [6.07, 6.45) is 0. The SMILES string of the molecule is CCNC(=O)N(C)Cc1nc2ccsc2c(=O)[nH]1. The van der Waals surface area contributed by atoms with Gasteiger partial charge in [-0.15, -0.1) is 11.3 Å². The molecular formula is C11H14N4O2S. The normalized spacial score (nSPS) is 10.6. The lowest BCUT2D eigenvalue weighted by Gasteiger charge is -2.16. The first-order chi connectivity index (χ1) is 8.61. The summed E-state index contributed by atoms with van der Waals surface area (Å²) in [6, 6.07) is 1.61. The fraction of sp³-hybridized carbons (Fsp3) is 0.364. The summed E-state index contributed by atoms with van der Waals surface area (Å²) in [4.78, 5) is 31.7. The van der Waals surface area contributed by atoms with Crippen LogP contribution in [0.4, 0.5) is 4.79 Å². The van der Waals surface area contributed by atoms with Crippen molar-refractivity contribution in [3.05, 3.63) is 27.6 Å². The Morgan fingerprint density at radius 2 is 2.39 bits per heavy atom. The van der Waals surface area contributed by atoms with Crippen LogP contribution in [0.5, 0.6) is 0 Å². The van der Waals surface area contributed by atoms with Crippen LogP contribution in [-0.2, 0) is 6.54 Å². The first-order valence-corrected chi connectivity index (χ1v) is 6.45. The molecule has 18 heavy (non-hydrogen) atoms. The number of hydrogen-bond acceptors (Lipinski definition) is 4. The zero-order chi connectivity index (χ0) is 13.1. The minimum atomic E-state index is -0.189. The molecule has 0 unspecified atom stereocenters. The molecule has 2 aromatic rings. The first kappa shape index (κ1) is 12.6. The molecule has 7 heteroatoms. The maximum absolute atomic E-state index is 11.7. The number of nitrogens with one attached hydrogen (secondary N) is 2. The molecule has 0 aromatic carbocycles. The van der Waals surface area contributed by atoms with Gasteiger partial charge in [-0.1, -0.05) is 0 Å². The second kappa shape index (κ2) is 5.18. The van der Waals surface area contributed by atoms with Gasteiger partial charge < -0.3 is 15.2 Å². The second-order valence-electron chi connectivity index (χ2n) is 3.84. The summed E-state index contributed by atoms with van der Waals surface area (Å²) in [6.45, 7) is 2.69. The highest BCUT2D eigenvalue weighted by Crippen LogP contribution is 2.13. The molecule has 0 saturated heterocycles. The van der Waals surface area contributed by atoms with Crippen molar-refractivity contribution >= 4 is 27.6 Å². The van der Waals surface area contributed by atoms with Gasteiger partial charge in [0.05, 0.1) is 12.1 Å². The van der Waals surface area contributed by atoms with Crippen LogP contribution in [0.25, 0.3) is 10.2 Å². The second-order valence-corrected chi connectivity index (χ2v) is 4.76. The zero-order valence-electron chi connectivity index (χ0n) is 10.2. The molecular weight excluding hydrogens is 252 g/mol. The molecule has 2 aromatic heterocycles. The van der Waals surface area contributed by atoms with E-state index in [1.165, 1.54) is 16.2 Å². The average molecular weight is 266 g/mol. The van der Waals surface area contributed by atoms with E-state index in [0.29, 0.717) is 22.6 Å². The lowest BCUT2D eigenvalue weighted by molar-refractivity contribution is 0.206. The predicted octanol–water partition coefficient (Wildman–Crippen LogP) is 1.15. The average Bonchev–Trinajstić information content (AvgIpc) is 2.77. The Hall–Kier alpha value is -1.89. The van der Waals surface area contributed by atoms with Gasteiger partial charge in [0.1, 0.15) is 10.5 Å². The highest BCUT2D eigenvalue weighted by atomic mass is 32.1. The maximum Gasteiger partial charge on any atom is 0.317 e. The number of carbonyl (C=O) groups excluding carboxylic acids is 1. The van der Waals surface area contributed by atoms with Gasteiger partial charge in [-0.25, -0.2) is 9.78 Å². The summed E-state index contributed by atoms with van der Waals surface area (Å²) in [5.41, 5.74) is 0.511. The highest BCUT2D eigenvalue weighted by molar-refractivity contribution is 7.17. The number of fused-ring (bicyclic) bond motifs is 1. The smallest absolute Gasteiger partial charge is 0.317 e. The molecule has 0 saturated carbocycles. The molecule has 2 heterocycles. The van der Waals surface area contributed by atoms with Crippen LogP contribution in [0.1, 0.15) is 12.7 Å². The zero-order valence-corrected chi connectivity index (χ0v) is 11.0. The first-order valence-electron chi connectivity index (χ1n) is 5.57. The van der Waals surface area contributed by atoms with Crippen molar-refractivity contribution in [3.8, 4) is 0 Å². The number of hydrogen-bond donors (Lipinski definition) is 2. The van der Waals surface area contributed by atoms with Crippen molar-refractivity contribution in [3.63, 3.8) is 0 Å². The summed E-state index contributed by atoms with van der Waals surface area (Å²) in [5.74, 6) is 0.486. The molecule has 0 bridgehead atoms. The molecule has 0 aliphatic heterocycles. The van der Waals surface area contributed by atoms with Crippen molar-refractivity contribution in [1.29, 1.82) is 0 Å². The molecule has 0 spiro atoms. The topological polar surface area (TPSA) is 78.1 Å². The number of rotatable bonds is 3. The van der Waals surface area contributed by atoms with E-state index in [9.17, 15) is 9.59 Å². The summed E-state index contributed by atoms with van der Waals surface area (Å²) in [7, 11) is 1.66. The number of urea groups is 1. The number of aromatic nitrogens is 2. The Balaban J connectivity index is 2.21. The Morgan fingerprint density at radius 3 is 3.11 bits per heavy atom. The molecule has 0 fully saturated rings. The summed E-state index contributed by atoms with van der Waals surface area (Å²) < 4.78 is 0.611. The van der Waals surface area contributed by atoms with Gasteiger partial charge in [-0.2, -0.15) is 0 Å². The fourth-order valence-electron chi connectivity index (χ4n) is 1.58. The molecule has 2 N–H and O–H groups in total. The largest absolute Gasteiger partial charge is 0.338 e. The third-order valence-corrected chi connectivity index (χ3v) is 3.33. The van der Waals surface area contributed by atoms with Gasteiger partial charge in [0.15, 0.2) is 0 Å². The monoisotopic (exact) mass is 266 g/mol. The Bertz CT molecular complexity index is 619. The Labute approximate surface area is 108 Å². The highest BCUT2D eigenvalue weighted by Gasteiger charge is 2.11. The van der Waals surface area contributed by atoms with E-state index in [2.05, 4.69) is 15.3 Å².